The zero-order valence-corrected chi connectivity index (χ0v) is 11.4. The van der Waals surface area contributed by atoms with Gasteiger partial charge in [-0.15, -0.1) is 0 Å². The minimum absolute atomic E-state index is 0.565. The minimum Gasteiger partial charge on any atom is -0.354 e. The van der Waals surface area contributed by atoms with Gasteiger partial charge in [0.05, 0.1) is 5.52 Å². The average molecular weight is 294 g/mol. The smallest absolute Gasteiger partial charge is 0.223 e. The van der Waals surface area contributed by atoms with Crippen LogP contribution in [-0.4, -0.2) is 21.3 Å². The highest BCUT2D eigenvalue weighted by molar-refractivity contribution is 9.09. The predicted octanol–water partition coefficient (Wildman–Crippen LogP) is 3.61. The van der Waals surface area contributed by atoms with Crippen molar-refractivity contribution in [1.82, 2.24) is 9.97 Å². The molecule has 0 fully saturated rings. The normalized spacial score (nSPS) is 12.6. The molecule has 2 rings (SSSR count). The van der Waals surface area contributed by atoms with Crippen LogP contribution in [0, 0.1) is 0 Å². The lowest BCUT2D eigenvalue weighted by atomic mass is 10.2. The van der Waals surface area contributed by atoms with Gasteiger partial charge in [0.1, 0.15) is 0 Å². The molecule has 0 saturated carbocycles. The fourth-order valence-electron chi connectivity index (χ4n) is 1.60. The summed E-state index contributed by atoms with van der Waals surface area (Å²) in [4.78, 5) is 9.32. The highest BCUT2D eigenvalue weighted by atomic mass is 79.9. The molecule has 0 amide bonds. The second kappa shape index (κ2) is 5.96. The monoisotopic (exact) mass is 293 g/mol. The van der Waals surface area contributed by atoms with Crippen molar-refractivity contribution in [1.29, 1.82) is 0 Å². The van der Waals surface area contributed by atoms with Crippen molar-refractivity contribution in [3.8, 4) is 0 Å². The molecule has 0 radical (unpaired) electrons. The van der Waals surface area contributed by atoms with E-state index in [1.807, 2.05) is 30.5 Å². The van der Waals surface area contributed by atoms with Crippen molar-refractivity contribution in [2.24, 2.45) is 0 Å². The fourth-order valence-corrected chi connectivity index (χ4v) is 1.83. The quantitative estimate of drug-likeness (QED) is 0.856. The van der Waals surface area contributed by atoms with Crippen LogP contribution in [0.5, 0.6) is 0 Å². The molecule has 3 nitrogen and oxygen atoms in total. The van der Waals surface area contributed by atoms with E-state index >= 15 is 0 Å². The average Bonchev–Trinajstić information content (AvgIpc) is 2.38. The summed E-state index contributed by atoms with van der Waals surface area (Å²) in [5.74, 6) is 0.708. The maximum Gasteiger partial charge on any atom is 0.223 e. The topological polar surface area (TPSA) is 37.8 Å². The van der Waals surface area contributed by atoms with Crippen LogP contribution in [0.2, 0.25) is 0 Å². The van der Waals surface area contributed by atoms with Crippen molar-refractivity contribution < 1.29 is 0 Å². The Hall–Kier alpha value is -1.16. The Morgan fingerprint density at radius 1 is 1.35 bits per heavy atom. The number of fused-ring (bicyclic) bond motifs is 1. The molecule has 1 atom stereocenters. The Bertz CT molecular complexity index is 487. The number of benzene rings is 1. The molecule has 0 spiro atoms. The van der Waals surface area contributed by atoms with E-state index in [0.29, 0.717) is 10.8 Å². The van der Waals surface area contributed by atoms with Gasteiger partial charge in [-0.2, -0.15) is 0 Å². The summed E-state index contributed by atoms with van der Waals surface area (Å²) >= 11 is 3.61. The molecule has 0 bridgehead atoms. The summed E-state index contributed by atoms with van der Waals surface area (Å²) in [5, 5.41) is 4.32. The van der Waals surface area contributed by atoms with Gasteiger partial charge in [0.15, 0.2) is 0 Å². The van der Waals surface area contributed by atoms with E-state index in [9.17, 15) is 0 Å². The van der Waals surface area contributed by atoms with Gasteiger partial charge in [0.25, 0.3) is 0 Å². The number of aromatic nitrogens is 2. The first kappa shape index (κ1) is 12.3. The Morgan fingerprint density at radius 3 is 3.00 bits per heavy atom. The van der Waals surface area contributed by atoms with Gasteiger partial charge in [0, 0.05) is 23.0 Å². The second-order valence-electron chi connectivity index (χ2n) is 3.97. The summed E-state index contributed by atoms with van der Waals surface area (Å²) in [7, 11) is 0. The first-order valence-corrected chi connectivity index (χ1v) is 6.81. The van der Waals surface area contributed by atoms with Crippen LogP contribution in [-0.2, 0) is 0 Å². The highest BCUT2D eigenvalue weighted by Crippen LogP contribution is 2.13. The molecule has 4 heteroatoms. The highest BCUT2D eigenvalue weighted by Gasteiger charge is 2.02. The molecular formula is C13H16BrN3. The van der Waals surface area contributed by atoms with E-state index in [4.69, 9.17) is 0 Å². The van der Waals surface area contributed by atoms with Gasteiger partial charge in [-0.25, -0.2) is 9.97 Å². The number of anilines is 1. The lowest BCUT2D eigenvalue weighted by Crippen LogP contribution is -2.09. The van der Waals surface area contributed by atoms with E-state index in [1.165, 1.54) is 0 Å². The molecule has 2 aromatic rings. The zero-order chi connectivity index (χ0) is 12.1. The predicted molar refractivity (Wildman–Crippen MR) is 75.7 cm³/mol. The summed E-state index contributed by atoms with van der Waals surface area (Å²) < 4.78 is 0. The van der Waals surface area contributed by atoms with Crippen LogP contribution < -0.4 is 5.32 Å². The Kier molecular flexibility index (Phi) is 4.31. The van der Waals surface area contributed by atoms with Gasteiger partial charge < -0.3 is 5.32 Å². The number of alkyl halides is 1. The lowest BCUT2D eigenvalue weighted by molar-refractivity contribution is 0.771. The third-order valence-electron chi connectivity index (χ3n) is 2.67. The van der Waals surface area contributed by atoms with Crippen LogP contribution in [0.25, 0.3) is 10.9 Å². The standard InChI is InChI=1S/C13H16BrN3/c1-2-11(14)7-8-15-13-16-9-10-5-3-4-6-12(10)17-13/h3-6,9,11H,2,7-8H2,1H3,(H,15,16,17). The molecule has 0 aliphatic heterocycles. The number of nitrogens with zero attached hydrogens (tertiary/aromatic N) is 2. The van der Waals surface area contributed by atoms with Crippen molar-refractivity contribution in [2.45, 2.75) is 24.6 Å². The molecule has 1 aromatic heterocycles. The van der Waals surface area contributed by atoms with E-state index < -0.39 is 0 Å². The number of para-hydroxylation sites is 1. The molecule has 0 aliphatic carbocycles. The van der Waals surface area contributed by atoms with E-state index in [2.05, 4.69) is 38.1 Å². The maximum absolute atomic E-state index is 4.46. The molecule has 90 valence electrons. The largest absolute Gasteiger partial charge is 0.354 e. The summed E-state index contributed by atoms with van der Waals surface area (Å²) in [6.45, 7) is 3.06. The molecule has 0 saturated heterocycles. The second-order valence-corrected chi connectivity index (χ2v) is 5.27. The van der Waals surface area contributed by atoms with Crippen LogP contribution in [0.4, 0.5) is 5.95 Å². The fraction of sp³-hybridized carbons (Fsp3) is 0.385. The van der Waals surface area contributed by atoms with Crippen LogP contribution in [0.1, 0.15) is 19.8 Å². The summed E-state index contributed by atoms with van der Waals surface area (Å²) in [6, 6.07) is 8.01. The van der Waals surface area contributed by atoms with Gasteiger partial charge >= 0.3 is 0 Å². The van der Waals surface area contributed by atoms with Crippen LogP contribution >= 0.6 is 15.9 Å². The van der Waals surface area contributed by atoms with Gasteiger partial charge in [-0.05, 0) is 18.9 Å². The van der Waals surface area contributed by atoms with E-state index in [0.717, 1.165) is 30.3 Å². The number of hydrogen-bond donors (Lipinski definition) is 1. The Balaban J connectivity index is 1.99. The molecule has 1 N–H and O–H groups in total. The maximum atomic E-state index is 4.46. The third kappa shape index (κ3) is 3.40. The summed E-state index contributed by atoms with van der Waals surface area (Å²) in [5.41, 5.74) is 0.982. The SMILES string of the molecule is CCC(Br)CCNc1ncc2ccccc2n1. The number of rotatable bonds is 5. The number of nitrogens with one attached hydrogen (secondary N) is 1. The first-order chi connectivity index (χ1) is 8.29. The molecule has 0 aliphatic rings. The number of hydrogen-bond acceptors (Lipinski definition) is 3. The Morgan fingerprint density at radius 2 is 2.18 bits per heavy atom. The number of halogens is 1. The Labute approximate surface area is 110 Å². The zero-order valence-electron chi connectivity index (χ0n) is 9.86. The van der Waals surface area contributed by atoms with Crippen molar-refractivity contribution in [2.75, 3.05) is 11.9 Å². The van der Waals surface area contributed by atoms with Crippen LogP contribution in [0.3, 0.4) is 0 Å². The van der Waals surface area contributed by atoms with E-state index in [-0.39, 0.29) is 0 Å². The molecule has 17 heavy (non-hydrogen) atoms. The lowest BCUT2D eigenvalue weighted by Gasteiger charge is -2.08. The summed E-state index contributed by atoms with van der Waals surface area (Å²) in [6.07, 6.45) is 4.07. The van der Waals surface area contributed by atoms with Gasteiger partial charge in [-0.3, -0.25) is 0 Å². The van der Waals surface area contributed by atoms with Crippen molar-refractivity contribution in [3.05, 3.63) is 30.5 Å². The van der Waals surface area contributed by atoms with Crippen LogP contribution in [0.15, 0.2) is 30.5 Å². The third-order valence-corrected chi connectivity index (χ3v) is 3.78. The minimum atomic E-state index is 0.565. The van der Waals surface area contributed by atoms with Crippen molar-refractivity contribution >= 4 is 32.8 Å². The molecule has 1 heterocycles. The van der Waals surface area contributed by atoms with Crippen molar-refractivity contribution in [3.63, 3.8) is 0 Å². The molecule has 1 unspecified atom stereocenters. The molecule has 1 aromatic carbocycles. The van der Waals surface area contributed by atoms with Gasteiger partial charge in [0.2, 0.25) is 5.95 Å². The van der Waals surface area contributed by atoms with Gasteiger partial charge in [-0.1, -0.05) is 41.1 Å². The van der Waals surface area contributed by atoms with E-state index in [1.54, 1.807) is 0 Å². The molecular weight excluding hydrogens is 278 g/mol. The first-order valence-electron chi connectivity index (χ1n) is 5.89.